The number of carbonyl (C=O) groups is 1. The summed E-state index contributed by atoms with van der Waals surface area (Å²) in [6.07, 6.45) is -1.51. The van der Waals surface area contributed by atoms with Gasteiger partial charge in [0, 0.05) is 12.5 Å². The maximum atomic E-state index is 11.4. The van der Waals surface area contributed by atoms with Crippen molar-refractivity contribution < 1.29 is 23.2 Å². The molecule has 9 nitrogen and oxygen atoms in total. The second-order valence-electron chi connectivity index (χ2n) is 3.87. The van der Waals surface area contributed by atoms with Crippen LogP contribution in [0, 0.1) is 0 Å². The second kappa shape index (κ2) is 7.01. The van der Waals surface area contributed by atoms with E-state index in [1.54, 1.807) is 18.6 Å². The molecular weight excluding hydrogens is 264 g/mol. The summed E-state index contributed by atoms with van der Waals surface area (Å²) < 4.78 is 31.3. The van der Waals surface area contributed by atoms with E-state index < -0.39 is 28.4 Å². The molecule has 0 saturated carbocycles. The Kier molecular flexibility index (Phi) is 6.41. The number of nitrogens with zero attached hydrogens (tertiary/aromatic N) is 1. The van der Waals surface area contributed by atoms with Gasteiger partial charge in [-0.25, -0.2) is 9.52 Å². The summed E-state index contributed by atoms with van der Waals surface area (Å²) in [5, 5.41) is 11.0. The van der Waals surface area contributed by atoms with Crippen molar-refractivity contribution in [3.8, 4) is 0 Å². The van der Waals surface area contributed by atoms with E-state index in [9.17, 15) is 13.2 Å². The molecule has 0 fully saturated rings. The SMILES string of the molecule is CC(CC(N)=NO)NS(=O)(=O)NC(=O)OC(C)C. The van der Waals surface area contributed by atoms with Crippen LogP contribution in [0.2, 0.25) is 0 Å². The number of nitrogens with one attached hydrogen (secondary N) is 2. The van der Waals surface area contributed by atoms with Gasteiger partial charge in [0.15, 0.2) is 0 Å². The summed E-state index contributed by atoms with van der Waals surface area (Å²) in [5.74, 6) is -0.130. The number of amides is 1. The lowest BCUT2D eigenvalue weighted by molar-refractivity contribution is 0.121. The number of hydrogen-bond acceptors (Lipinski definition) is 6. The van der Waals surface area contributed by atoms with E-state index in [0.717, 1.165) is 0 Å². The molecule has 0 rings (SSSR count). The van der Waals surface area contributed by atoms with E-state index in [-0.39, 0.29) is 12.3 Å². The van der Waals surface area contributed by atoms with Crippen LogP contribution in [0.3, 0.4) is 0 Å². The minimum absolute atomic E-state index is 0.00334. The van der Waals surface area contributed by atoms with Gasteiger partial charge in [0.05, 0.1) is 6.10 Å². The predicted octanol–water partition coefficient (Wildman–Crippen LogP) is -0.520. The first-order chi connectivity index (χ1) is 8.16. The van der Waals surface area contributed by atoms with Gasteiger partial charge in [-0.3, -0.25) is 0 Å². The van der Waals surface area contributed by atoms with Crippen LogP contribution < -0.4 is 15.2 Å². The van der Waals surface area contributed by atoms with Gasteiger partial charge < -0.3 is 15.7 Å². The molecule has 0 spiro atoms. The fourth-order valence-corrected chi connectivity index (χ4v) is 1.98. The van der Waals surface area contributed by atoms with Gasteiger partial charge in [0.1, 0.15) is 5.84 Å². The lowest BCUT2D eigenvalue weighted by Gasteiger charge is -2.14. The summed E-state index contributed by atoms with van der Waals surface area (Å²) in [6, 6.07) is -0.648. The fraction of sp³-hybridized carbons (Fsp3) is 0.750. The van der Waals surface area contributed by atoms with E-state index in [1.165, 1.54) is 6.92 Å². The lowest BCUT2D eigenvalue weighted by Crippen LogP contribution is -2.45. The summed E-state index contributed by atoms with van der Waals surface area (Å²) in [7, 11) is -4.05. The minimum Gasteiger partial charge on any atom is -0.446 e. The van der Waals surface area contributed by atoms with Crippen molar-refractivity contribution in [2.75, 3.05) is 0 Å². The molecule has 0 aliphatic rings. The van der Waals surface area contributed by atoms with E-state index in [1.807, 2.05) is 0 Å². The fourth-order valence-electron chi connectivity index (χ4n) is 1.04. The van der Waals surface area contributed by atoms with Gasteiger partial charge in [-0.2, -0.15) is 13.1 Å². The number of nitrogens with two attached hydrogens (primary N) is 1. The van der Waals surface area contributed by atoms with Crippen LogP contribution in [0.4, 0.5) is 4.79 Å². The maximum Gasteiger partial charge on any atom is 0.422 e. The smallest absolute Gasteiger partial charge is 0.422 e. The molecule has 0 radical (unpaired) electrons. The highest BCUT2D eigenvalue weighted by Gasteiger charge is 2.19. The highest BCUT2D eigenvalue weighted by atomic mass is 32.2. The van der Waals surface area contributed by atoms with Crippen molar-refractivity contribution in [2.24, 2.45) is 10.9 Å². The molecule has 0 aromatic rings. The largest absolute Gasteiger partial charge is 0.446 e. The number of oxime groups is 1. The van der Waals surface area contributed by atoms with Crippen molar-refractivity contribution >= 4 is 22.1 Å². The predicted molar refractivity (Wildman–Crippen MR) is 64.3 cm³/mol. The Hall–Kier alpha value is -1.55. The third-order valence-electron chi connectivity index (χ3n) is 1.56. The average molecular weight is 282 g/mol. The van der Waals surface area contributed by atoms with Crippen LogP contribution in [-0.4, -0.2) is 37.7 Å². The van der Waals surface area contributed by atoms with Crippen LogP contribution in [0.5, 0.6) is 0 Å². The van der Waals surface area contributed by atoms with Gasteiger partial charge in [-0.15, -0.1) is 0 Å². The normalized spacial score (nSPS) is 14.3. The second-order valence-corrected chi connectivity index (χ2v) is 5.32. The first kappa shape index (κ1) is 16.4. The van der Waals surface area contributed by atoms with Gasteiger partial charge in [-0.1, -0.05) is 5.16 Å². The molecule has 1 atom stereocenters. The standard InChI is InChI=1S/C8H18N4O5S/c1-5(2)17-8(13)12-18(15,16)11-6(3)4-7(9)10-14/h5-6,11,14H,4H2,1-3H3,(H2,9,10)(H,12,13). The summed E-state index contributed by atoms with van der Waals surface area (Å²) in [4.78, 5) is 11.1. The molecule has 106 valence electrons. The molecule has 0 aliphatic heterocycles. The molecule has 0 aromatic heterocycles. The molecule has 0 bridgehead atoms. The lowest BCUT2D eigenvalue weighted by atomic mass is 10.2. The Bertz CT molecular complexity index is 406. The average Bonchev–Trinajstić information content (AvgIpc) is 2.13. The maximum absolute atomic E-state index is 11.4. The summed E-state index contributed by atoms with van der Waals surface area (Å²) >= 11 is 0. The topological polar surface area (TPSA) is 143 Å². The molecule has 10 heteroatoms. The van der Waals surface area contributed by atoms with Crippen molar-refractivity contribution in [3.63, 3.8) is 0 Å². The number of amidine groups is 1. The Labute approximate surface area is 106 Å². The van der Waals surface area contributed by atoms with E-state index in [4.69, 9.17) is 10.9 Å². The molecule has 1 amide bonds. The van der Waals surface area contributed by atoms with E-state index in [0.29, 0.717) is 0 Å². The van der Waals surface area contributed by atoms with E-state index >= 15 is 0 Å². The Morgan fingerprint density at radius 3 is 2.44 bits per heavy atom. The van der Waals surface area contributed by atoms with Gasteiger partial charge >= 0.3 is 16.3 Å². The molecular formula is C8H18N4O5S. The van der Waals surface area contributed by atoms with E-state index in [2.05, 4.69) is 14.6 Å². The number of carbonyl (C=O) groups excluding carboxylic acids is 1. The van der Waals surface area contributed by atoms with Crippen molar-refractivity contribution in [3.05, 3.63) is 0 Å². The molecule has 0 aromatic carbocycles. The molecule has 0 saturated heterocycles. The van der Waals surface area contributed by atoms with Crippen LogP contribution >= 0.6 is 0 Å². The Morgan fingerprint density at radius 1 is 1.44 bits per heavy atom. The zero-order valence-electron chi connectivity index (χ0n) is 10.4. The van der Waals surface area contributed by atoms with Crippen LogP contribution in [0.1, 0.15) is 27.2 Å². The molecule has 18 heavy (non-hydrogen) atoms. The van der Waals surface area contributed by atoms with Gasteiger partial charge in [0.2, 0.25) is 0 Å². The van der Waals surface area contributed by atoms with Crippen molar-refractivity contribution in [1.29, 1.82) is 0 Å². The third-order valence-corrected chi connectivity index (χ3v) is 2.71. The highest BCUT2D eigenvalue weighted by Crippen LogP contribution is 1.95. The molecule has 0 aliphatic carbocycles. The van der Waals surface area contributed by atoms with Gasteiger partial charge in [0.25, 0.3) is 0 Å². The van der Waals surface area contributed by atoms with Crippen LogP contribution in [-0.2, 0) is 14.9 Å². The summed E-state index contributed by atoms with van der Waals surface area (Å²) in [5.41, 5.74) is 5.21. The Balaban J connectivity index is 4.35. The first-order valence-corrected chi connectivity index (χ1v) is 6.61. The number of rotatable bonds is 6. The van der Waals surface area contributed by atoms with Crippen molar-refractivity contribution in [2.45, 2.75) is 39.3 Å². The van der Waals surface area contributed by atoms with Crippen LogP contribution in [0.15, 0.2) is 5.16 Å². The minimum atomic E-state index is -4.05. The van der Waals surface area contributed by atoms with Crippen molar-refractivity contribution in [1.82, 2.24) is 9.44 Å². The highest BCUT2D eigenvalue weighted by molar-refractivity contribution is 7.88. The molecule has 5 N–H and O–H groups in total. The number of ether oxygens (including phenoxy) is 1. The zero-order valence-corrected chi connectivity index (χ0v) is 11.2. The van der Waals surface area contributed by atoms with Crippen LogP contribution in [0.25, 0.3) is 0 Å². The molecule has 0 heterocycles. The molecule has 1 unspecified atom stereocenters. The Morgan fingerprint density at radius 2 is 2.00 bits per heavy atom. The van der Waals surface area contributed by atoms with Gasteiger partial charge in [-0.05, 0) is 20.8 Å². The number of hydrogen-bond donors (Lipinski definition) is 4. The zero-order chi connectivity index (χ0) is 14.3. The third kappa shape index (κ3) is 7.68. The first-order valence-electron chi connectivity index (χ1n) is 5.13. The quantitative estimate of drug-likeness (QED) is 0.223. The summed E-state index contributed by atoms with van der Waals surface area (Å²) in [6.45, 7) is 4.66. The monoisotopic (exact) mass is 282 g/mol.